The highest BCUT2D eigenvalue weighted by Crippen LogP contribution is 2.32. The number of hydrogen-bond acceptors (Lipinski definition) is 5. The molecule has 1 amide bonds. The van der Waals surface area contributed by atoms with Crippen molar-refractivity contribution >= 4 is 13.0 Å². The number of aliphatic hydroxyl groups is 2. The molecule has 0 aliphatic carbocycles. The maximum Gasteiger partial charge on any atom is 0.547 e. The van der Waals surface area contributed by atoms with Crippen LogP contribution in [0, 0.1) is 0 Å². The van der Waals surface area contributed by atoms with E-state index < -0.39 is 19.3 Å². The molecule has 0 saturated carbocycles. The second kappa shape index (κ2) is 6.26. The van der Waals surface area contributed by atoms with Crippen LogP contribution in [0.2, 0.25) is 0 Å². The van der Waals surface area contributed by atoms with E-state index in [1.54, 1.807) is 12.1 Å². The predicted octanol–water partition coefficient (Wildman–Crippen LogP) is -0.0907. The third kappa shape index (κ3) is 3.12. The fourth-order valence-electron chi connectivity index (χ4n) is 2.28. The molecule has 1 aliphatic heterocycles. The highest BCUT2D eigenvalue weighted by molar-refractivity contribution is 6.46. The van der Waals surface area contributed by atoms with Gasteiger partial charge in [-0.2, -0.15) is 0 Å². The summed E-state index contributed by atoms with van der Waals surface area (Å²) in [5.41, 5.74) is 0.933. The predicted molar refractivity (Wildman–Crippen MR) is 72.8 cm³/mol. The van der Waals surface area contributed by atoms with E-state index in [9.17, 15) is 20.0 Å². The van der Waals surface area contributed by atoms with Crippen LogP contribution in [0.1, 0.15) is 37.2 Å². The lowest BCUT2D eigenvalue weighted by atomic mass is 9.72. The summed E-state index contributed by atoms with van der Waals surface area (Å²) in [7, 11) is -1.21. The Kier molecular flexibility index (Phi) is 4.64. The Morgan fingerprint density at radius 1 is 1.55 bits per heavy atom. The fourth-order valence-corrected chi connectivity index (χ4v) is 2.28. The van der Waals surface area contributed by atoms with Gasteiger partial charge in [-0.15, -0.1) is 0 Å². The molecule has 0 aromatic heterocycles. The summed E-state index contributed by atoms with van der Waals surface area (Å²) in [5.74, 6) is -0.398. The topological polar surface area (TPSA) is 99.0 Å². The molecule has 0 bridgehead atoms. The van der Waals surface area contributed by atoms with E-state index in [-0.39, 0.29) is 17.2 Å². The first kappa shape index (κ1) is 14.8. The van der Waals surface area contributed by atoms with Gasteiger partial charge in [-0.1, -0.05) is 25.1 Å². The Morgan fingerprint density at radius 3 is 2.95 bits per heavy atom. The summed E-state index contributed by atoms with van der Waals surface area (Å²) in [6.45, 7) is 1.90. The Balaban J connectivity index is 2.17. The van der Waals surface area contributed by atoms with E-state index >= 15 is 0 Å². The summed E-state index contributed by atoms with van der Waals surface area (Å²) < 4.78 is 5.34. The molecule has 108 valence electrons. The smallest absolute Gasteiger partial charge is 0.534 e. The number of carbonyl (C=O) groups excluding carboxylic acids is 1. The van der Waals surface area contributed by atoms with Crippen molar-refractivity contribution in [1.29, 1.82) is 0 Å². The number of benzene rings is 1. The maximum atomic E-state index is 11.6. The highest BCUT2D eigenvalue weighted by atomic mass is 16.5. The average Bonchev–Trinajstić information content (AvgIpc) is 2.39. The van der Waals surface area contributed by atoms with Crippen molar-refractivity contribution in [3.8, 4) is 5.75 Å². The standard InChI is InChI=1S/C13H18BNO5/c1-2-4-11(16)15-10-7-8-5-3-6-9(13(17)18)12(8)20-14(10)19/h3,5-6,10,13,17-19H,2,4,7H2,1H3,(H,15,16)/t10-/m0/s1. The quantitative estimate of drug-likeness (QED) is 0.456. The van der Waals surface area contributed by atoms with Gasteiger partial charge in [0, 0.05) is 12.0 Å². The van der Waals surface area contributed by atoms with Crippen LogP contribution in [0.3, 0.4) is 0 Å². The van der Waals surface area contributed by atoms with Gasteiger partial charge in [0.25, 0.3) is 0 Å². The molecule has 0 radical (unpaired) electrons. The SMILES string of the molecule is CCCC(=O)N[C@H]1Cc2cccc(C(O)O)c2OB1O. The van der Waals surface area contributed by atoms with Crippen molar-refractivity contribution in [3.63, 3.8) is 0 Å². The Hall–Kier alpha value is -1.57. The van der Waals surface area contributed by atoms with Crippen LogP contribution in [-0.2, 0) is 11.2 Å². The second-order valence-electron chi connectivity index (χ2n) is 4.85. The molecule has 1 aliphatic rings. The van der Waals surface area contributed by atoms with Crippen LogP contribution in [0.25, 0.3) is 0 Å². The lowest BCUT2D eigenvalue weighted by Gasteiger charge is -2.29. The zero-order valence-electron chi connectivity index (χ0n) is 11.2. The molecule has 1 aromatic carbocycles. The maximum absolute atomic E-state index is 11.6. The highest BCUT2D eigenvalue weighted by Gasteiger charge is 2.37. The lowest BCUT2D eigenvalue weighted by molar-refractivity contribution is -0.121. The third-order valence-corrected chi connectivity index (χ3v) is 3.25. The number of rotatable bonds is 4. The Labute approximate surface area is 117 Å². The number of fused-ring (bicyclic) bond motifs is 1. The lowest BCUT2D eigenvalue weighted by Crippen LogP contribution is -2.53. The summed E-state index contributed by atoms with van der Waals surface area (Å²) in [6, 6.07) is 4.97. The van der Waals surface area contributed by atoms with E-state index in [1.165, 1.54) is 6.07 Å². The molecule has 4 N–H and O–H groups in total. The van der Waals surface area contributed by atoms with E-state index in [0.717, 1.165) is 12.0 Å². The molecule has 0 fully saturated rings. The number of nitrogens with one attached hydrogen (secondary N) is 1. The summed E-state index contributed by atoms with van der Waals surface area (Å²) in [5, 5.41) is 31.2. The largest absolute Gasteiger partial charge is 0.547 e. The van der Waals surface area contributed by atoms with Crippen molar-refractivity contribution in [2.75, 3.05) is 0 Å². The Morgan fingerprint density at radius 2 is 2.30 bits per heavy atom. The molecule has 0 saturated heterocycles. The van der Waals surface area contributed by atoms with Crippen molar-refractivity contribution in [2.45, 2.75) is 38.4 Å². The average molecular weight is 279 g/mol. The minimum atomic E-state index is -1.66. The number of carbonyl (C=O) groups is 1. The molecule has 20 heavy (non-hydrogen) atoms. The molecular formula is C13H18BNO5. The summed E-state index contributed by atoms with van der Waals surface area (Å²) in [4.78, 5) is 11.6. The zero-order valence-corrected chi connectivity index (χ0v) is 11.2. The number of amides is 1. The molecule has 2 rings (SSSR count). The minimum absolute atomic E-state index is 0.137. The van der Waals surface area contributed by atoms with Crippen molar-refractivity contribution in [3.05, 3.63) is 29.3 Å². The molecule has 1 aromatic rings. The van der Waals surface area contributed by atoms with E-state index in [1.807, 2.05) is 6.92 Å². The van der Waals surface area contributed by atoms with E-state index in [2.05, 4.69) is 5.32 Å². The monoisotopic (exact) mass is 279 g/mol. The molecule has 6 nitrogen and oxygen atoms in total. The zero-order chi connectivity index (χ0) is 14.7. The van der Waals surface area contributed by atoms with Gasteiger partial charge in [0.2, 0.25) is 5.91 Å². The minimum Gasteiger partial charge on any atom is -0.534 e. The molecule has 0 spiro atoms. The first-order valence-corrected chi connectivity index (χ1v) is 6.65. The van der Waals surface area contributed by atoms with Crippen molar-refractivity contribution in [1.82, 2.24) is 5.32 Å². The summed E-state index contributed by atoms with van der Waals surface area (Å²) in [6.07, 6.45) is -0.159. The van der Waals surface area contributed by atoms with Crippen LogP contribution < -0.4 is 9.97 Å². The molecular weight excluding hydrogens is 261 g/mol. The third-order valence-electron chi connectivity index (χ3n) is 3.25. The van der Waals surface area contributed by atoms with E-state index in [0.29, 0.717) is 12.8 Å². The van der Waals surface area contributed by atoms with Crippen LogP contribution in [0.15, 0.2) is 18.2 Å². The van der Waals surface area contributed by atoms with E-state index in [4.69, 9.17) is 4.65 Å². The molecule has 1 heterocycles. The van der Waals surface area contributed by atoms with Gasteiger partial charge in [-0.25, -0.2) is 0 Å². The van der Waals surface area contributed by atoms with Crippen LogP contribution in [0.5, 0.6) is 5.75 Å². The van der Waals surface area contributed by atoms with Crippen LogP contribution in [-0.4, -0.2) is 34.2 Å². The van der Waals surface area contributed by atoms with Gasteiger partial charge >= 0.3 is 7.12 Å². The molecule has 7 heteroatoms. The summed E-state index contributed by atoms with van der Waals surface area (Å²) >= 11 is 0. The first-order valence-electron chi connectivity index (χ1n) is 6.65. The normalized spacial score (nSPS) is 17.6. The van der Waals surface area contributed by atoms with Gasteiger partial charge in [0.1, 0.15) is 5.75 Å². The molecule has 1 atom stereocenters. The number of para-hydroxylation sites is 1. The van der Waals surface area contributed by atoms with Gasteiger partial charge < -0.3 is 25.2 Å². The Bertz CT molecular complexity index is 494. The van der Waals surface area contributed by atoms with Gasteiger partial charge in [-0.05, 0) is 18.4 Å². The van der Waals surface area contributed by atoms with Crippen LogP contribution >= 0.6 is 0 Å². The van der Waals surface area contributed by atoms with Gasteiger partial charge in [-0.3, -0.25) is 4.79 Å². The first-order chi connectivity index (χ1) is 9.52. The molecule has 0 unspecified atom stereocenters. The second-order valence-corrected chi connectivity index (χ2v) is 4.85. The van der Waals surface area contributed by atoms with Gasteiger partial charge in [0.15, 0.2) is 6.29 Å². The van der Waals surface area contributed by atoms with Crippen molar-refractivity contribution < 1.29 is 24.7 Å². The fraction of sp³-hybridized carbons (Fsp3) is 0.462. The van der Waals surface area contributed by atoms with Crippen molar-refractivity contribution in [2.24, 2.45) is 0 Å². The number of aliphatic hydroxyl groups excluding tert-OH is 1. The van der Waals surface area contributed by atoms with Crippen LogP contribution in [0.4, 0.5) is 0 Å². The van der Waals surface area contributed by atoms with Gasteiger partial charge in [0.05, 0.1) is 5.94 Å². The number of hydrogen-bond donors (Lipinski definition) is 4.